The van der Waals surface area contributed by atoms with E-state index < -0.39 is 17.6 Å². The fourth-order valence-corrected chi connectivity index (χ4v) is 2.06. The fraction of sp³-hybridized carbons (Fsp3) is 0.0588. The molecule has 1 aromatic heterocycles. The van der Waals surface area contributed by atoms with Crippen LogP contribution >= 0.6 is 11.6 Å². The third-order valence-corrected chi connectivity index (χ3v) is 3.40. The average molecular weight is 383 g/mol. The Morgan fingerprint density at radius 3 is 2.31 bits per heavy atom. The van der Waals surface area contributed by atoms with E-state index in [1.54, 1.807) is 6.07 Å². The van der Waals surface area contributed by atoms with Crippen LogP contribution in [0.2, 0.25) is 5.15 Å². The van der Waals surface area contributed by atoms with Crippen LogP contribution < -0.4 is 16.8 Å². The Morgan fingerprint density at radius 2 is 1.73 bits per heavy atom. The van der Waals surface area contributed by atoms with E-state index >= 15 is 0 Å². The number of hydrogen-bond donors (Lipinski definition) is 3. The van der Waals surface area contributed by atoms with Gasteiger partial charge in [-0.25, -0.2) is 4.98 Å². The molecule has 1 heterocycles. The standard InChI is InChI=1S/C17H14ClF3N4O/c18-14-3-1-2-13(24-14)16(26)25-15(23)9-8-12(22)10-4-6-11(7-5-10)17(19,20)21/h1-9H,22-23H2,(H,25,26)/b12-8-,15-9+. The molecular formula is C17H14ClF3N4O. The summed E-state index contributed by atoms with van der Waals surface area (Å²) in [7, 11) is 0. The van der Waals surface area contributed by atoms with Gasteiger partial charge in [-0.05, 0) is 42.0 Å². The number of halogens is 4. The van der Waals surface area contributed by atoms with E-state index in [2.05, 4.69) is 10.3 Å². The van der Waals surface area contributed by atoms with Gasteiger partial charge in [-0.2, -0.15) is 13.2 Å². The minimum absolute atomic E-state index is 0.0216. The van der Waals surface area contributed by atoms with Crippen molar-refractivity contribution < 1.29 is 18.0 Å². The van der Waals surface area contributed by atoms with Crippen LogP contribution in [0.15, 0.2) is 60.4 Å². The molecule has 0 spiro atoms. The first-order chi connectivity index (χ1) is 12.2. The van der Waals surface area contributed by atoms with Crippen molar-refractivity contribution in [1.82, 2.24) is 10.3 Å². The van der Waals surface area contributed by atoms with Gasteiger partial charge in [0.15, 0.2) is 0 Å². The Labute approximate surface area is 152 Å². The highest BCUT2D eigenvalue weighted by Crippen LogP contribution is 2.29. The molecule has 1 aromatic carbocycles. The van der Waals surface area contributed by atoms with Gasteiger partial charge in [0.25, 0.3) is 5.91 Å². The molecule has 0 aliphatic heterocycles. The minimum atomic E-state index is -4.42. The molecule has 0 atom stereocenters. The number of amides is 1. The molecule has 9 heteroatoms. The summed E-state index contributed by atoms with van der Waals surface area (Å²) in [6, 6.07) is 8.88. The van der Waals surface area contributed by atoms with Gasteiger partial charge in [0.05, 0.1) is 5.56 Å². The maximum absolute atomic E-state index is 12.5. The molecule has 0 aliphatic rings. The summed E-state index contributed by atoms with van der Waals surface area (Å²) in [5, 5.41) is 2.55. The highest BCUT2D eigenvalue weighted by Gasteiger charge is 2.29. The zero-order chi connectivity index (χ0) is 19.3. The molecule has 0 radical (unpaired) electrons. The Hall–Kier alpha value is -3.00. The SMILES string of the molecule is N/C(=C\C=C(/N)NC(=O)c1cccc(Cl)n1)c1ccc(C(F)(F)F)cc1. The number of alkyl halides is 3. The van der Waals surface area contributed by atoms with E-state index in [9.17, 15) is 18.0 Å². The number of allylic oxidation sites excluding steroid dienone is 2. The smallest absolute Gasteiger partial charge is 0.398 e. The number of carbonyl (C=O) groups excluding carboxylic acids is 1. The molecule has 5 N–H and O–H groups in total. The van der Waals surface area contributed by atoms with Gasteiger partial charge < -0.3 is 16.8 Å². The van der Waals surface area contributed by atoms with Gasteiger partial charge in [0.1, 0.15) is 16.7 Å². The quantitative estimate of drug-likeness (QED) is 0.558. The Morgan fingerprint density at radius 1 is 1.08 bits per heavy atom. The van der Waals surface area contributed by atoms with Crippen LogP contribution in [-0.4, -0.2) is 10.9 Å². The van der Waals surface area contributed by atoms with Crippen molar-refractivity contribution >= 4 is 23.2 Å². The molecule has 5 nitrogen and oxygen atoms in total. The molecule has 1 amide bonds. The zero-order valence-electron chi connectivity index (χ0n) is 13.2. The number of carbonyl (C=O) groups is 1. The summed E-state index contributed by atoms with van der Waals surface area (Å²) >= 11 is 5.70. The summed E-state index contributed by atoms with van der Waals surface area (Å²) in [5.41, 5.74) is 11.3. The first-order valence-corrected chi connectivity index (χ1v) is 7.59. The largest absolute Gasteiger partial charge is 0.416 e. The molecule has 0 fully saturated rings. The van der Waals surface area contributed by atoms with Crippen molar-refractivity contribution in [2.75, 3.05) is 0 Å². The number of pyridine rings is 1. The second-order valence-corrected chi connectivity index (χ2v) is 5.51. The number of nitrogens with zero attached hydrogens (tertiary/aromatic N) is 1. The third kappa shape index (κ3) is 5.25. The molecule has 0 aliphatic carbocycles. The predicted octanol–water partition coefficient (Wildman–Crippen LogP) is 3.28. The Balaban J connectivity index is 2.07. The van der Waals surface area contributed by atoms with Crippen LogP contribution in [0.5, 0.6) is 0 Å². The van der Waals surface area contributed by atoms with Gasteiger partial charge in [-0.3, -0.25) is 4.79 Å². The second-order valence-electron chi connectivity index (χ2n) is 5.12. The number of nitrogens with two attached hydrogens (primary N) is 2. The fourth-order valence-electron chi connectivity index (χ4n) is 1.90. The van der Waals surface area contributed by atoms with E-state index in [1.807, 2.05) is 0 Å². The molecular weight excluding hydrogens is 369 g/mol. The monoisotopic (exact) mass is 382 g/mol. The number of rotatable bonds is 4. The number of nitrogens with one attached hydrogen (secondary N) is 1. The maximum Gasteiger partial charge on any atom is 0.416 e. The summed E-state index contributed by atoms with van der Waals surface area (Å²) in [6.45, 7) is 0. The van der Waals surface area contributed by atoms with E-state index in [1.165, 1.54) is 36.4 Å². The van der Waals surface area contributed by atoms with Crippen LogP contribution in [0.3, 0.4) is 0 Å². The molecule has 0 bridgehead atoms. The molecule has 0 saturated carbocycles. The Kier molecular flexibility index (Phi) is 5.89. The van der Waals surface area contributed by atoms with Gasteiger partial charge >= 0.3 is 6.18 Å². The van der Waals surface area contributed by atoms with E-state index in [4.69, 9.17) is 23.1 Å². The summed E-state index contributed by atoms with van der Waals surface area (Å²) < 4.78 is 37.6. The highest BCUT2D eigenvalue weighted by atomic mass is 35.5. The van der Waals surface area contributed by atoms with Crippen molar-refractivity contribution in [3.63, 3.8) is 0 Å². The van der Waals surface area contributed by atoms with Crippen molar-refractivity contribution in [1.29, 1.82) is 0 Å². The van der Waals surface area contributed by atoms with Crippen molar-refractivity contribution in [2.45, 2.75) is 6.18 Å². The lowest BCUT2D eigenvalue weighted by molar-refractivity contribution is -0.137. The first kappa shape index (κ1) is 19.3. The maximum atomic E-state index is 12.5. The average Bonchev–Trinajstić information content (AvgIpc) is 2.59. The van der Waals surface area contributed by atoms with Crippen LogP contribution in [0.25, 0.3) is 5.70 Å². The number of hydrogen-bond acceptors (Lipinski definition) is 4. The second kappa shape index (κ2) is 7.92. The molecule has 0 unspecified atom stereocenters. The van der Waals surface area contributed by atoms with Crippen LogP contribution in [0, 0.1) is 0 Å². The van der Waals surface area contributed by atoms with Crippen molar-refractivity contribution in [3.8, 4) is 0 Å². The molecule has 136 valence electrons. The van der Waals surface area contributed by atoms with Crippen molar-refractivity contribution in [2.24, 2.45) is 11.5 Å². The zero-order valence-corrected chi connectivity index (χ0v) is 14.0. The molecule has 2 rings (SSSR count). The first-order valence-electron chi connectivity index (χ1n) is 7.21. The lowest BCUT2D eigenvalue weighted by atomic mass is 10.1. The van der Waals surface area contributed by atoms with Gasteiger partial charge in [-0.1, -0.05) is 29.8 Å². The number of benzene rings is 1. The van der Waals surface area contributed by atoms with Gasteiger partial charge in [0.2, 0.25) is 0 Å². The van der Waals surface area contributed by atoms with Crippen LogP contribution in [-0.2, 0) is 6.18 Å². The van der Waals surface area contributed by atoms with E-state index in [-0.39, 0.29) is 22.4 Å². The lowest BCUT2D eigenvalue weighted by Crippen LogP contribution is -2.28. The van der Waals surface area contributed by atoms with Crippen molar-refractivity contribution in [3.05, 3.63) is 82.4 Å². The minimum Gasteiger partial charge on any atom is -0.398 e. The van der Waals surface area contributed by atoms with Crippen LogP contribution in [0.1, 0.15) is 21.6 Å². The van der Waals surface area contributed by atoms with Gasteiger partial charge in [0, 0.05) is 5.70 Å². The predicted molar refractivity (Wildman–Crippen MR) is 92.6 cm³/mol. The topological polar surface area (TPSA) is 94.0 Å². The number of aromatic nitrogens is 1. The molecule has 2 aromatic rings. The highest BCUT2D eigenvalue weighted by molar-refractivity contribution is 6.29. The van der Waals surface area contributed by atoms with Gasteiger partial charge in [-0.15, -0.1) is 0 Å². The van der Waals surface area contributed by atoms with E-state index in [0.29, 0.717) is 5.56 Å². The summed E-state index contributed by atoms with van der Waals surface area (Å²) in [6.07, 6.45) is -1.74. The summed E-state index contributed by atoms with van der Waals surface area (Å²) in [4.78, 5) is 15.8. The lowest BCUT2D eigenvalue weighted by Gasteiger charge is -2.08. The van der Waals surface area contributed by atoms with Crippen LogP contribution in [0.4, 0.5) is 13.2 Å². The Bertz CT molecular complexity index is 861. The summed E-state index contributed by atoms with van der Waals surface area (Å²) in [5.74, 6) is -0.589. The molecule has 26 heavy (non-hydrogen) atoms. The normalized spacial score (nSPS) is 12.8. The third-order valence-electron chi connectivity index (χ3n) is 3.19. The molecule has 0 saturated heterocycles. The van der Waals surface area contributed by atoms with E-state index in [0.717, 1.165) is 12.1 Å².